The number of nitrogens with zero attached hydrogens (tertiary/aromatic N) is 2. The average molecular weight is 505 g/mol. The van der Waals surface area contributed by atoms with E-state index in [0.717, 1.165) is 42.4 Å². The van der Waals surface area contributed by atoms with Gasteiger partial charge in [-0.15, -0.1) is 11.3 Å². The maximum Gasteiger partial charge on any atom is 0.348 e. The summed E-state index contributed by atoms with van der Waals surface area (Å²) in [6, 6.07) is 3.75. The third kappa shape index (κ3) is 5.10. The number of rotatable bonds is 8. The number of aromatic nitrogens is 2. The molecule has 2 heterocycles. The van der Waals surface area contributed by atoms with Crippen molar-refractivity contribution >= 4 is 39.3 Å². The molecular formula is C25H26F2N2O3S2. The van der Waals surface area contributed by atoms with Gasteiger partial charge in [0.1, 0.15) is 21.3 Å². The predicted octanol–water partition coefficient (Wildman–Crippen LogP) is 6.40. The number of esters is 1. The molecule has 9 heteroatoms. The topological polar surface area (TPSA) is 61.2 Å². The van der Waals surface area contributed by atoms with Crippen molar-refractivity contribution in [2.45, 2.75) is 63.4 Å². The number of thioether (sulfide) groups is 1. The van der Waals surface area contributed by atoms with Gasteiger partial charge in [0.15, 0.2) is 5.16 Å². The second-order valence-electron chi connectivity index (χ2n) is 8.16. The van der Waals surface area contributed by atoms with Gasteiger partial charge in [0.05, 0.1) is 12.0 Å². The summed E-state index contributed by atoms with van der Waals surface area (Å²) in [6.45, 7) is 4.10. The van der Waals surface area contributed by atoms with E-state index in [1.165, 1.54) is 30.2 Å². The van der Waals surface area contributed by atoms with Crippen molar-refractivity contribution < 1.29 is 18.3 Å². The average Bonchev–Trinajstić information content (AvgIpc) is 3.15. The van der Waals surface area contributed by atoms with Crippen LogP contribution in [-0.2, 0) is 17.0 Å². The fourth-order valence-electron chi connectivity index (χ4n) is 4.09. The summed E-state index contributed by atoms with van der Waals surface area (Å²) >= 11 is 2.23. The number of thiophene rings is 1. The lowest BCUT2D eigenvalue weighted by Gasteiger charge is -2.16. The van der Waals surface area contributed by atoms with Crippen LogP contribution in [0.2, 0.25) is 0 Å². The molecule has 3 aromatic rings. The van der Waals surface area contributed by atoms with Crippen molar-refractivity contribution in [3.63, 3.8) is 0 Å². The van der Waals surface area contributed by atoms with Gasteiger partial charge in [-0.25, -0.2) is 18.6 Å². The van der Waals surface area contributed by atoms with E-state index in [9.17, 15) is 18.4 Å². The highest BCUT2D eigenvalue weighted by atomic mass is 32.2. The zero-order chi connectivity index (χ0) is 24.2. The lowest BCUT2D eigenvalue weighted by atomic mass is 9.97. The van der Waals surface area contributed by atoms with Crippen LogP contribution in [-0.4, -0.2) is 22.1 Å². The van der Waals surface area contributed by atoms with Crippen molar-refractivity contribution in [3.05, 3.63) is 67.8 Å². The Morgan fingerprint density at radius 2 is 2.03 bits per heavy atom. The summed E-state index contributed by atoms with van der Waals surface area (Å²) in [6.07, 6.45) is 7.31. The quantitative estimate of drug-likeness (QED) is 0.154. The number of ether oxygens (including phenoxy) is 1. The SMILES string of the molecule is CCOC(=O)c1sc2nc(SCc3c(F)cccc3F)n(CCC3=CCCCC3)c(=O)c2c1C. The van der Waals surface area contributed by atoms with E-state index in [2.05, 4.69) is 11.1 Å². The molecule has 0 aliphatic heterocycles. The van der Waals surface area contributed by atoms with Crippen LogP contribution in [0, 0.1) is 18.6 Å². The van der Waals surface area contributed by atoms with Crippen molar-refractivity contribution in [2.24, 2.45) is 0 Å². The van der Waals surface area contributed by atoms with E-state index in [0.29, 0.717) is 38.8 Å². The Labute approximate surface area is 204 Å². The van der Waals surface area contributed by atoms with E-state index >= 15 is 0 Å². The highest BCUT2D eigenvalue weighted by Gasteiger charge is 2.23. The van der Waals surface area contributed by atoms with Gasteiger partial charge in [0.2, 0.25) is 0 Å². The van der Waals surface area contributed by atoms with Crippen LogP contribution in [0.4, 0.5) is 8.78 Å². The molecule has 1 aliphatic rings. The second kappa shape index (κ2) is 10.8. The molecule has 0 spiro atoms. The monoisotopic (exact) mass is 504 g/mol. The molecule has 0 saturated heterocycles. The lowest BCUT2D eigenvalue weighted by molar-refractivity contribution is 0.0531. The summed E-state index contributed by atoms with van der Waals surface area (Å²) < 4.78 is 35.1. The third-order valence-corrected chi connectivity index (χ3v) is 8.09. The molecule has 0 bridgehead atoms. The highest BCUT2D eigenvalue weighted by Crippen LogP contribution is 2.32. The standard InChI is InChI=1S/C25H26F2N2O3S2/c1-3-32-24(31)21-15(2)20-22(34-21)28-25(33-14-17-18(26)10-7-11-19(17)27)29(23(20)30)13-12-16-8-5-4-6-9-16/h7-8,10-11H,3-6,9,12-14H2,1-2H3. The van der Waals surface area contributed by atoms with E-state index in [1.807, 2.05) is 0 Å². The van der Waals surface area contributed by atoms with Gasteiger partial charge in [-0.1, -0.05) is 29.5 Å². The first-order valence-corrected chi connectivity index (χ1v) is 13.2. The number of benzene rings is 1. The molecule has 0 amide bonds. The van der Waals surface area contributed by atoms with Gasteiger partial charge in [-0.3, -0.25) is 9.36 Å². The predicted molar refractivity (Wildman–Crippen MR) is 132 cm³/mol. The van der Waals surface area contributed by atoms with Gasteiger partial charge in [-0.05, 0) is 63.6 Å². The number of carbonyl (C=O) groups is 1. The maximum atomic E-state index is 14.2. The van der Waals surface area contributed by atoms with Crippen LogP contribution >= 0.6 is 23.1 Å². The van der Waals surface area contributed by atoms with Gasteiger partial charge in [-0.2, -0.15) is 0 Å². The van der Waals surface area contributed by atoms with Crippen molar-refractivity contribution in [1.82, 2.24) is 9.55 Å². The molecule has 0 N–H and O–H groups in total. The largest absolute Gasteiger partial charge is 0.462 e. The lowest BCUT2D eigenvalue weighted by Crippen LogP contribution is -2.24. The van der Waals surface area contributed by atoms with E-state index in [-0.39, 0.29) is 23.5 Å². The summed E-state index contributed by atoms with van der Waals surface area (Å²) in [5, 5.41) is 0.778. The minimum Gasteiger partial charge on any atom is -0.462 e. The Balaban J connectivity index is 1.75. The number of allylic oxidation sites excluding steroid dienone is 2. The molecular weight excluding hydrogens is 478 g/mol. The fourth-order valence-corrected chi connectivity index (χ4v) is 6.25. The minimum atomic E-state index is -0.633. The van der Waals surface area contributed by atoms with Crippen molar-refractivity contribution in [2.75, 3.05) is 6.61 Å². The normalized spacial score (nSPS) is 13.8. The van der Waals surface area contributed by atoms with Crippen molar-refractivity contribution in [3.8, 4) is 0 Å². The summed E-state index contributed by atoms with van der Waals surface area (Å²) in [4.78, 5) is 31.4. The van der Waals surface area contributed by atoms with Crippen LogP contribution < -0.4 is 5.56 Å². The third-order valence-electron chi connectivity index (χ3n) is 5.92. The van der Waals surface area contributed by atoms with Crippen LogP contribution in [0.25, 0.3) is 10.2 Å². The molecule has 0 unspecified atom stereocenters. The van der Waals surface area contributed by atoms with E-state index in [4.69, 9.17) is 4.74 Å². The first kappa shape index (κ1) is 24.6. The van der Waals surface area contributed by atoms with Gasteiger partial charge in [0, 0.05) is 17.9 Å². The first-order valence-electron chi connectivity index (χ1n) is 11.3. The van der Waals surface area contributed by atoms with Crippen LogP contribution in [0.1, 0.15) is 59.8 Å². The molecule has 34 heavy (non-hydrogen) atoms. The fraction of sp³-hybridized carbons (Fsp3) is 0.400. The number of aryl methyl sites for hydroxylation is 1. The molecule has 2 aromatic heterocycles. The summed E-state index contributed by atoms with van der Waals surface area (Å²) in [7, 11) is 0. The molecule has 1 aliphatic carbocycles. The molecule has 5 nitrogen and oxygen atoms in total. The maximum absolute atomic E-state index is 14.2. The number of hydrogen-bond acceptors (Lipinski definition) is 6. The molecule has 0 radical (unpaired) electrons. The Hall–Kier alpha value is -2.52. The zero-order valence-corrected chi connectivity index (χ0v) is 20.8. The van der Waals surface area contributed by atoms with Crippen LogP contribution in [0.5, 0.6) is 0 Å². The Morgan fingerprint density at radius 3 is 2.71 bits per heavy atom. The Kier molecular flexibility index (Phi) is 7.83. The summed E-state index contributed by atoms with van der Waals surface area (Å²) in [5.74, 6) is -1.75. The van der Waals surface area contributed by atoms with E-state index < -0.39 is 17.6 Å². The zero-order valence-electron chi connectivity index (χ0n) is 19.2. The van der Waals surface area contributed by atoms with Gasteiger partial charge in [0.25, 0.3) is 5.56 Å². The number of hydrogen-bond donors (Lipinski definition) is 0. The second-order valence-corrected chi connectivity index (χ2v) is 10.1. The molecule has 0 atom stereocenters. The van der Waals surface area contributed by atoms with Crippen molar-refractivity contribution in [1.29, 1.82) is 0 Å². The molecule has 4 rings (SSSR count). The van der Waals surface area contributed by atoms with Crippen LogP contribution in [0.15, 0.2) is 39.8 Å². The van der Waals surface area contributed by atoms with Gasteiger partial charge >= 0.3 is 5.97 Å². The van der Waals surface area contributed by atoms with Crippen LogP contribution in [0.3, 0.4) is 0 Å². The number of carbonyl (C=O) groups excluding carboxylic acids is 1. The molecule has 180 valence electrons. The summed E-state index contributed by atoms with van der Waals surface area (Å²) in [5.41, 5.74) is 1.56. The number of fused-ring (bicyclic) bond motifs is 1. The first-order chi connectivity index (χ1) is 16.4. The highest BCUT2D eigenvalue weighted by molar-refractivity contribution is 7.98. The van der Waals surface area contributed by atoms with E-state index in [1.54, 1.807) is 18.4 Å². The number of halogens is 2. The minimum absolute atomic E-state index is 0.00571. The van der Waals surface area contributed by atoms with Gasteiger partial charge < -0.3 is 4.74 Å². The molecule has 1 aromatic carbocycles. The smallest absolute Gasteiger partial charge is 0.348 e. The molecule has 0 fully saturated rings. The Bertz CT molecular complexity index is 1290. The Morgan fingerprint density at radius 1 is 1.26 bits per heavy atom. The molecule has 0 saturated carbocycles.